The number of hydrogen-bond acceptors (Lipinski definition) is 2. The lowest BCUT2D eigenvalue weighted by Crippen LogP contribution is -2.25. The molecule has 2 atom stereocenters. The predicted molar refractivity (Wildman–Crippen MR) is 76.8 cm³/mol. The van der Waals surface area contributed by atoms with Crippen molar-refractivity contribution in [1.82, 2.24) is 0 Å². The molecule has 1 saturated carbocycles. The van der Waals surface area contributed by atoms with Gasteiger partial charge in [0.1, 0.15) is 6.61 Å². The van der Waals surface area contributed by atoms with Gasteiger partial charge in [0, 0.05) is 6.92 Å². The molecule has 2 heteroatoms. The molecular formula is C17H22O2. The van der Waals surface area contributed by atoms with Gasteiger partial charge in [-0.3, -0.25) is 4.79 Å². The van der Waals surface area contributed by atoms with Gasteiger partial charge in [0.15, 0.2) is 0 Å². The minimum Gasteiger partial charge on any atom is -0.461 e. The van der Waals surface area contributed by atoms with Crippen LogP contribution >= 0.6 is 0 Å². The Kier molecular flexibility index (Phi) is 3.79. The molecule has 0 heterocycles. The Morgan fingerprint density at radius 2 is 2.05 bits per heavy atom. The molecule has 102 valence electrons. The third-order valence-corrected chi connectivity index (χ3v) is 4.59. The van der Waals surface area contributed by atoms with Crippen LogP contribution < -0.4 is 0 Å². The molecule has 19 heavy (non-hydrogen) atoms. The molecule has 0 amide bonds. The van der Waals surface area contributed by atoms with Gasteiger partial charge in [0.2, 0.25) is 0 Å². The fraction of sp³-hybridized carbons (Fsp3) is 0.471. The standard InChI is InChI=1S/C17H22O2/c1-12-9-10-17(4,13(12)2)16-7-5-15(6-8-16)11-19-14(3)18/h5-8,13H,1,9-11H2,2-4H3/t13-,17-/m0/s1. The summed E-state index contributed by atoms with van der Waals surface area (Å²) in [5.74, 6) is 0.281. The van der Waals surface area contributed by atoms with Crippen LogP contribution in [0.2, 0.25) is 0 Å². The number of allylic oxidation sites excluding steroid dienone is 1. The number of carbonyl (C=O) groups excluding carboxylic acids is 1. The fourth-order valence-electron chi connectivity index (χ4n) is 2.86. The van der Waals surface area contributed by atoms with Crippen molar-refractivity contribution in [2.75, 3.05) is 0 Å². The van der Waals surface area contributed by atoms with E-state index >= 15 is 0 Å². The molecule has 1 aliphatic carbocycles. The third-order valence-electron chi connectivity index (χ3n) is 4.59. The van der Waals surface area contributed by atoms with E-state index in [0.29, 0.717) is 12.5 Å². The van der Waals surface area contributed by atoms with Crippen molar-refractivity contribution < 1.29 is 9.53 Å². The van der Waals surface area contributed by atoms with Crippen molar-refractivity contribution in [3.05, 3.63) is 47.5 Å². The predicted octanol–water partition coefficient (Wildman–Crippen LogP) is 3.99. The lowest BCUT2D eigenvalue weighted by atomic mass is 9.74. The smallest absolute Gasteiger partial charge is 0.302 e. The van der Waals surface area contributed by atoms with Gasteiger partial charge in [-0.25, -0.2) is 0 Å². The number of hydrogen-bond donors (Lipinski definition) is 0. The summed E-state index contributed by atoms with van der Waals surface area (Å²) in [6.07, 6.45) is 2.28. The molecule has 1 aromatic rings. The van der Waals surface area contributed by atoms with E-state index in [0.717, 1.165) is 18.4 Å². The summed E-state index contributed by atoms with van der Waals surface area (Å²) in [6, 6.07) is 8.43. The van der Waals surface area contributed by atoms with E-state index in [-0.39, 0.29) is 11.4 Å². The van der Waals surface area contributed by atoms with Gasteiger partial charge in [-0.2, -0.15) is 0 Å². The summed E-state index contributed by atoms with van der Waals surface area (Å²) in [6.45, 7) is 10.5. The molecule has 0 aromatic heterocycles. The maximum absolute atomic E-state index is 10.8. The van der Waals surface area contributed by atoms with Crippen LogP contribution in [0.15, 0.2) is 36.4 Å². The molecule has 0 aliphatic heterocycles. The van der Waals surface area contributed by atoms with E-state index in [4.69, 9.17) is 4.74 Å². The van der Waals surface area contributed by atoms with Gasteiger partial charge >= 0.3 is 5.97 Å². The molecule has 0 bridgehead atoms. The number of rotatable bonds is 3. The summed E-state index contributed by atoms with van der Waals surface area (Å²) >= 11 is 0. The van der Waals surface area contributed by atoms with Gasteiger partial charge in [0.05, 0.1) is 0 Å². The van der Waals surface area contributed by atoms with Crippen LogP contribution in [-0.2, 0) is 21.6 Å². The monoisotopic (exact) mass is 258 g/mol. The summed E-state index contributed by atoms with van der Waals surface area (Å²) in [4.78, 5) is 10.8. The number of esters is 1. The molecule has 1 fully saturated rings. The summed E-state index contributed by atoms with van der Waals surface area (Å²) in [7, 11) is 0. The van der Waals surface area contributed by atoms with Crippen molar-refractivity contribution in [3.8, 4) is 0 Å². The Labute approximate surface area is 115 Å². The number of benzene rings is 1. The van der Waals surface area contributed by atoms with Crippen molar-refractivity contribution >= 4 is 5.97 Å². The minimum atomic E-state index is -0.239. The van der Waals surface area contributed by atoms with Crippen molar-refractivity contribution in [2.24, 2.45) is 5.92 Å². The van der Waals surface area contributed by atoms with Crippen LogP contribution in [0.4, 0.5) is 0 Å². The summed E-state index contributed by atoms with van der Waals surface area (Å²) < 4.78 is 5.00. The first-order valence-electron chi connectivity index (χ1n) is 6.84. The highest BCUT2D eigenvalue weighted by molar-refractivity contribution is 5.65. The zero-order chi connectivity index (χ0) is 14.0. The number of ether oxygens (including phenoxy) is 1. The van der Waals surface area contributed by atoms with Crippen molar-refractivity contribution in [3.63, 3.8) is 0 Å². The quantitative estimate of drug-likeness (QED) is 0.605. The largest absolute Gasteiger partial charge is 0.461 e. The topological polar surface area (TPSA) is 26.3 Å². The molecule has 0 saturated heterocycles. The Hall–Kier alpha value is -1.57. The maximum atomic E-state index is 10.8. The van der Waals surface area contributed by atoms with E-state index in [1.54, 1.807) is 0 Å². The third kappa shape index (κ3) is 2.73. The average Bonchev–Trinajstić information content (AvgIpc) is 2.66. The first-order valence-corrected chi connectivity index (χ1v) is 6.84. The molecule has 0 unspecified atom stereocenters. The van der Waals surface area contributed by atoms with Gasteiger partial charge in [-0.15, -0.1) is 0 Å². The van der Waals surface area contributed by atoms with E-state index in [1.165, 1.54) is 18.1 Å². The van der Waals surface area contributed by atoms with Gasteiger partial charge in [0.25, 0.3) is 0 Å². The number of carbonyl (C=O) groups is 1. The molecule has 0 radical (unpaired) electrons. The lowest BCUT2D eigenvalue weighted by molar-refractivity contribution is -0.142. The zero-order valence-electron chi connectivity index (χ0n) is 12.0. The Morgan fingerprint density at radius 1 is 1.42 bits per heavy atom. The van der Waals surface area contributed by atoms with Crippen LogP contribution in [0.25, 0.3) is 0 Å². The van der Waals surface area contributed by atoms with Crippen LogP contribution in [0, 0.1) is 5.92 Å². The van der Waals surface area contributed by atoms with Crippen LogP contribution in [0.5, 0.6) is 0 Å². The Morgan fingerprint density at radius 3 is 2.53 bits per heavy atom. The second kappa shape index (κ2) is 5.20. The first-order chi connectivity index (χ1) is 8.93. The molecule has 0 spiro atoms. The first kappa shape index (κ1) is 13.9. The van der Waals surface area contributed by atoms with Crippen molar-refractivity contribution in [2.45, 2.75) is 45.6 Å². The fourth-order valence-corrected chi connectivity index (χ4v) is 2.86. The maximum Gasteiger partial charge on any atom is 0.302 e. The summed E-state index contributed by atoms with van der Waals surface area (Å²) in [5.41, 5.74) is 3.93. The summed E-state index contributed by atoms with van der Waals surface area (Å²) in [5, 5.41) is 0. The van der Waals surface area contributed by atoms with E-state index < -0.39 is 0 Å². The molecule has 0 N–H and O–H groups in total. The van der Waals surface area contributed by atoms with Crippen LogP contribution in [-0.4, -0.2) is 5.97 Å². The average molecular weight is 258 g/mol. The molecule has 1 aliphatic rings. The highest BCUT2D eigenvalue weighted by atomic mass is 16.5. The SMILES string of the molecule is C=C1CC[C@](C)(c2ccc(COC(C)=O)cc2)[C@H]1C. The Bertz CT molecular complexity index is 486. The zero-order valence-corrected chi connectivity index (χ0v) is 12.0. The molecule has 2 rings (SSSR count). The van der Waals surface area contributed by atoms with E-state index in [2.05, 4.69) is 44.7 Å². The van der Waals surface area contributed by atoms with E-state index in [1.807, 2.05) is 0 Å². The second-order valence-corrected chi connectivity index (χ2v) is 5.77. The van der Waals surface area contributed by atoms with Gasteiger partial charge in [-0.1, -0.05) is 50.3 Å². The second-order valence-electron chi connectivity index (χ2n) is 5.77. The Balaban J connectivity index is 2.14. The lowest BCUT2D eigenvalue weighted by Gasteiger charge is -2.30. The van der Waals surface area contributed by atoms with Gasteiger partial charge in [-0.05, 0) is 35.3 Å². The molecule has 2 nitrogen and oxygen atoms in total. The van der Waals surface area contributed by atoms with E-state index in [9.17, 15) is 4.79 Å². The molecule has 1 aromatic carbocycles. The van der Waals surface area contributed by atoms with Crippen LogP contribution in [0.3, 0.4) is 0 Å². The van der Waals surface area contributed by atoms with Crippen LogP contribution in [0.1, 0.15) is 44.7 Å². The van der Waals surface area contributed by atoms with Gasteiger partial charge < -0.3 is 4.74 Å². The minimum absolute atomic E-state index is 0.192. The highest BCUT2D eigenvalue weighted by Gasteiger charge is 2.39. The highest BCUT2D eigenvalue weighted by Crippen LogP contribution is 2.47. The van der Waals surface area contributed by atoms with Crippen molar-refractivity contribution in [1.29, 1.82) is 0 Å². The normalized spacial score (nSPS) is 26.5. The molecular weight excluding hydrogens is 236 g/mol.